The van der Waals surface area contributed by atoms with Crippen molar-refractivity contribution in [2.45, 2.75) is 12.8 Å². The van der Waals surface area contributed by atoms with Crippen molar-refractivity contribution in [1.29, 1.82) is 0 Å². The number of hydrogen-bond donors (Lipinski definition) is 1. The largest absolute Gasteiger partial charge is 0.493 e. The first-order valence-corrected chi connectivity index (χ1v) is 7.44. The molecule has 0 aliphatic carbocycles. The Morgan fingerprint density at radius 1 is 1.22 bits per heavy atom. The number of methoxy groups -OCH3 is 3. The third-order valence-electron chi connectivity index (χ3n) is 4.07. The first-order chi connectivity index (χ1) is 10.7. The van der Waals surface area contributed by atoms with Crippen molar-refractivity contribution < 1.29 is 19.0 Å². The summed E-state index contributed by atoms with van der Waals surface area (Å²) in [6.45, 7) is 2.03. The maximum atomic E-state index is 12.8. The van der Waals surface area contributed by atoms with Crippen molar-refractivity contribution in [3.63, 3.8) is 0 Å². The monoisotopic (exact) mass is 344 g/mol. The van der Waals surface area contributed by atoms with Crippen LogP contribution in [0.4, 0.5) is 0 Å². The minimum atomic E-state index is -0.0593. The Bertz CT molecular complexity index is 539. The lowest BCUT2D eigenvalue weighted by Gasteiger charge is -2.32. The van der Waals surface area contributed by atoms with Gasteiger partial charge in [0.05, 0.1) is 26.9 Å². The summed E-state index contributed by atoms with van der Waals surface area (Å²) < 4.78 is 16.0. The lowest BCUT2D eigenvalue weighted by molar-refractivity contribution is 0.0674. The molecule has 0 radical (unpaired) electrons. The number of carbonyl (C=O) groups excluding carboxylic acids is 1. The van der Waals surface area contributed by atoms with Crippen LogP contribution in [0.5, 0.6) is 17.2 Å². The van der Waals surface area contributed by atoms with E-state index in [1.54, 1.807) is 19.2 Å². The van der Waals surface area contributed by atoms with Gasteiger partial charge >= 0.3 is 0 Å². The van der Waals surface area contributed by atoms with Gasteiger partial charge in [-0.15, -0.1) is 12.4 Å². The van der Waals surface area contributed by atoms with Crippen LogP contribution in [0.2, 0.25) is 0 Å². The molecule has 1 heterocycles. The van der Waals surface area contributed by atoms with Gasteiger partial charge in [-0.3, -0.25) is 4.79 Å². The summed E-state index contributed by atoms with van der Waals surface area (Å²) in [7, 11) is 4.60. The van der Waals surface area contributed by atoms with E-state index >= 15 is 0 Å². The van der Waals surface area contributed by atoms with Crippen LogP contribution in [0.15, 0.2) is 12.1 Å². The number of benzene rings is 1. The Morgan fingerprint density at radius 3 is 2.48 bits per heavy atom. The predicted molar refractivity (Wildman–Crippen MR) is 91.0 cm³/mol. The highest BCUT2D eigenvalue weighted by Gasteiger charge is 2.28. The molecule has 1 atom stereocenters. The number of hydrogen-bond acceptors (Lipinski definition) is 5. The van der Waals surface area contributed by atoms with Crippen molar-refractivity contribution in [2.75, 3.05) is 41.0 Å². The summed E-state index contributed by atoms with van der Waals surface area (Å²) in [5.74, 6) is 1.68. The number of rotatable bonds is 5. The van der Waals surface area contributed by atoms with Gasteiger partial charge in [0.1, 0.15) is 0 Å². The van der Waals surface area contributed by atoms with Crippen LogP contribution in [0.3, 0.4) is 0 Å². The molecule has 6 nitrogen and oxygen atoms in total. The maximum Gasteiger partial charge on any atom is 0.257 e. The average molecular weight is 345 g/mol. The minimum Gasteiger partial charge on any atom is -0.493 e. The van der Waals surface area contributed by atoms with Gasteiger partial charge in [-0.25, -0.2) is 0 Å². The van der Waals surface area contributed by atoms with Gasteiger partial charge in [0, 0.05) is 13.1 Å². The lowest BCUT2D eigenvalue weighted by Crippen LogP contribution is -2.42. The molecule has 1 unspecified atom stereocenters. The molecule has 2 N–H and O–H groups in total. The van der Waals surface area contributed by atoms with Crippen LogP contribution in [-0.4, -0.2) is 51.8 Å². The zero-order valence-corrected chi connectivity index (χ0v) is 14.6. The quantitative estimate of drug-likeness (QED) is 0.883. The highest BCUT2D eigenvalue weighted by molar-refractivity contribution is 5.98. The molecule has 0 bridgehead atoms. The van der Waals surface area contributed by atoms with E-state index in [0.717, 1.165) is 19.4 Å². The van der Waals surface area contributed by atoms with E-state index in [-0.39, 0.29) is 18.3 Å². The van der Waals surface area contributed by atoms with Crippen LogP contribution < -0.4 is 19.9 Å². The minimum absolute atomic E-state index is 0. The molecule has 0 spiro atoms. The highest BCUT2D eigenvalue weighted by Crippen LogP contribution is 2.40. The van der Waals surface area contributed by atoms with Gasteiger partial charge in [0.25, 0.3) is 5.91 Å². The summed E-state index contributed by atoms with van der Waals surface area (Å²) in [5, 5.41) is 0. The fourth-order valence-electron chi connectivity index (χ4n) is 2.88. The predicted octanol–water partition coefficient (Wildman–Crippen LogP) is 1.95. The number of nitrogens with zero attached hydrogens (tertiary/aromatic N) is 1. The van der Waals surface area contributed by atoms with Crippen molar-refractivity contribution in [3.05, 3.63) is 17.7 Å². The Kier molecular flexibility index (Phi) is 7.45. The molecule has 1 aromatic rings. The van der Waals surface area contributed by atoms with E-state index in [1.165, 1.54) is 14.2 Å². The van der Waals surface area contributed by atoms with Crippen molar-refractivity contribution in [2.24, 2.45) is 11.7 Å². The normalized spacial score (nSPS) is 17.2. The standard InChI is InChI=1S/C16H24N2O4.ClH/c1-20-13-7-6-12(14(21-2)15(13)22-3)16(19)18-8-4-5-11(9-17)10-18;/h6-7,11H,4-5,8-10,17H2,1-3H3;1H. The third kappa shape index (κ3) is 4.00. The second-order valence-corrected chi connectivity index (χ2v) is 5.38. The number of amides is 1. The molecule has 1 fully saturated rings. The van der Waals surface area contributed by atoms with Crippen molar-refractivity contribution in [3.8, 4) is 17.2 Å². The number of piperidine rings is 1. The fourth-order valence-corrected chi connectivity index (χ4v) is 2.88. The van der Waals surface area contributed by atoms with Crippen LogP contribution >= 0.6 is 12.4 Å². The second-order valence-electron chi connectivity index (χ2n) is 5.38. The summed E-state index contributed by atoms with van der Waals surface area (Å²) in [4.78, 5) is 14.7. The van der Waals surface area contributed by atoms with Crippen LogP contribution in [0.1, 0.15) is 23.2 Å². The van der Waals surface area contributed by atoms with Gasteiger partial charge in [-0.05, 0) is 37.4 Å². The Morgan fingerprint density at radius 2 is 1.91 bits per heavy atom. The Balaban J connectivity index is 0.00000264. The molecular weight excluding hydrogens is 320 g/mol. The highest BCUT2D eigenvalue weighted by atomic mass is 35.5. The number of nitrogens with two attached hydrogens (primary N) is 1. The molecular formula is C16H25ClN2O4. The van der Waals surface area contributed by atoms with E-state index in [2.05, 4.69) is 0 Å². The molecule has 2 rings (SSSR count). The smallest absolute Gasteiger partial charge is 0.257 e. The van der Waals surface area contributed by atoms with Crippen LogP contribution in [0, 0.1) is 5.92 Å². The topological polar surface area (TPSA) is 74.0 Å². The van der Waals surface area contributed by atoms with Crippen LogP contribution in [-0.2, 0) is 0 Å². The Labute approximate surface area is 143 Å². The van der Waals surface area contributed by atoms with E-state index < -0.39 is 0 Å². The van der Waals surface area contributed by atoms with Gasteiger partial charge in [-0.1, -0.05) is 0 Å². The summed E-state index contributed by atoms with van der Waals surface area (Å²) in [6, 6.07) is 3.44. The fraction of sp³-hybridized carbons (Fsp3) is 0.562. The molecule has 1 amide bonds. The molecule has 0 aromatic heterocycles. The van der Waals surface area contributed by atoms with E-state index in [9.17, 15) is 4.79 Å². The van der Waals surface area contributed by atoms with Crippen molar-refractivity contribution in [1.82, 2.24) is 4.90 Å². The molecule has 1 aliphatic rings. The Hall–Kier alpha value is -1.66. The molecule has 0 saturated carbocycles. The van der Waals surface area contributed by atoms with Crippen LogP contribution in [0.25, 0.3) is 0 Å². The SMILES string of the molecule is COc1ccc(C(=O)N2CCCC(CN)C2)c(OC)c1OC.Cl. The average Bonchev–Trinajstić information content (AvgIpc) is 2.59. The number of halogens is 1. The molecule has 23 heavy (non-hydrogen) atoms. The van der Waals surface area contributed by atoms with Gasteiger partial charge < -0.3 is 24.8 Å². The van der Waals surface area contributed by atoms with Gasteiger partial charge in [0.15, 0.2) is 11.5 Å². The van der Waals surface area contributed by atoms with E-state index in [0.29, 0.717) is 41.8 Å². The van der Waals surface area contributed by atoms with E-state index in [4.69, 9.17) is 19.9 Å². The summed E-state index contributed by atoms with van der Waals surface area (Å²) in [6.07, 6.45) is 2.05. The number of likely N-dealkylation sites (tertiary alicyclic amines) is 1. The van der Waals surface area contributed by atoms with E-state index in [1.807, 2.05) is 4.90 Å². The summed E-state index contributed by atoms with van der Waals surface area (Å²) in [5.41, 5.74) is 6.23. The lowest BCUT2D eigenvalue weighted by atomic mass is 9.97. The first-order valence-electron chi connectivity index (χ1n) is 7.44. The number of carbonyl (C=O) groups is 1. The zero-order chi connectivity index (χ0) is 16.1. The number of ether oxygens (including phenoxy) is 3. The molecule has 130 valence electrons. The molecule has 1 aromatic carbocycles. The zero-order valence-electron chi connectivity index (χ0n) is 13.8. The second kappa shape index (κ2) is 8.84. The summed E-state index contributed by atoms with van der Waals surface area (Å²) >= 11 is 0. The first kappa shape index (κ1) is 19.4. The molecule has 1 aliphatic heterocycles. The molecule has 1 saturated heterocycles. The van der Waals surface area contributed by atoms with Gasteiger partial charge in [-0.2, -0.15) is 0 Å². The van der Waals surface area contributed by atoms with Crippen molar-refractivity contribution >= 4 is 18.3 Å². The molecule has 7 heteroatoms. The maximum absolute atomic E-state index is 12.8. The van der Waals surface area contributed by atoms with Gasteiger partial charge in [0.2, 0.25) is 5.75 Å². The third-order valence-corrected chi connectivity index (χ3v) is 4.07.